The first-order valence-corrected chi connectivity index (χ1v) is 8.00. The van der Waals surface area contributed by atoms with Crippen LogP contribution in [0.15, 0.2) is 11.6 Å². The smallest absolute Gasteiger partial charge is 0.214 e. The highest BCUT2D eigenvalue weighted by Gasteiger charge is 2.24. The Morgan fingerprint density at radius 3 is 1.83 bits per heavy atom. The van der Waals surface area contributed by atoms with Crippen molar-refractivity contribution in [1.82, 2.24) is 0 Å². The highest BCUT2D eigenvalue weighted by atomic mass is 32.2. The quantitative estimate of drug-likeness (QED) is 0.559. The molecule has 0 N–H and O–H groups in total. The Hall–Kier alpha value is -2.15. The molecule has 0 amide bonds. The Morgan fingerprint density at radius 1 is 0.913 bits per heavy atom. The molecule has 128 valence electrons. The largest absolute Gasteiger partial charge is 0.492 e. The van der Waals surface area contributed by atoms with E-state index in [2.05, 4.69) is 0 Å². The minimum absolute atomic E-state index is 0.440. The van der Waals surface area contributed by atoms with Gasteiger partial charge in [0.05, 0.1) is 33.8 Å². The summed E-state index contributed by atoms with van der Waals surface area (Å²) in [6, 6.07) is 0. The first-order chi connectivity index (χ1) is 10.9. The van der Waals surface area contributed by atoms with Crippen LogP contribution in [0.3, 0.4) is 0 Å². The Balaban J connectivity index is 3.55. The van der Waals surface area contributed by atoms with Crippen molar-refractivity contribution in [2.24, 2.45) is 0 Å². The first kappa shape index (κ1) is 18.9. The van der Waals surface area contributed by atoms with Crippen molar-refractivity contribution < 1.29 is 27.4 Å². The van der Waals surface area contributed by atoms with Crippen molar-refractivity contribution in [2.45, 2.75) is 20.3 Å². The van der Waals surface area contributed by atoms with Gasteiger partial charge in [0.25, 0.3) is 0 Å². The van der Waals surface area contributed by atoms with Crippen LogP contribution in [0.25, 0.3) is 0 Å². The van der Waals surface area contributed by atoms with E-state index < -0.39 is 10.3 Å². The van der Waals surface area contributed by atoms with E-state index in [0.29, 0.717) is 35.0 Å². The van der Waals surface area contributed by atoms with Crippen LogP contribution in [0, 0.1) is 6.92 Å². The minimum atomic E-state index is -2.23. The number of methoxy groups -OCH3 is 4. The summed E-state index contributed by atoms with van der Waals surface area (Å²) in [6.45, 7) is 3.60. The van der Waals surface area contributed by atoms with Gasteiger partial charge in [0.15, 0.2) is 11.5 Å². The number of allylic oxidation sites excluding steroid dienone is 2. The van der Waals surface area contributed by atoms with Gasteiger partial charge in [0, 0.05) is 11.1 Å². The molecular formula is C16H22O6S. The number of hydrogen-bond acceptors (Lipinski definition) is 6. The molecule has 1 aromatic rings. The zero-order chi connectivity index (χ0) is 17.6. The SMILES string of the molecule is COc1c(C)c(C/C=C(\C)C=S(=O)=O)c(OC)c(OC)c1OC. The number of hydrogen-bond donors (Lipinski definition) is 0. The van der Waals surface area contributed by atoms with Crippen molar-refractivity contribution >= 4 is 15.7 Å². The molecule has 0 atom stereocenters. The van der Waals surface area contributed by atoms with Crippen LogP contribution >= 0.6 is 0 Å². The summed E-state index contributed by atoms with van der Waals surface area (Å²) in [4.78, 5) is 0. The fourth-order valence-electron chi connectivity index (χ4n) is 2.36. The van der Waals surface area contributed by atoms with Gasteiger partial charge in [-0.3, -0.25) is 0 Å². The van der Waals surface area contributed by atoms with Crippen LogP contribution in [0.4, 0.5) is 0 Å². The summed E-state index contributed by atoms with van der Waals surface area (Å²) in [5, 5.41) is 1.15. The number of ether oxygens (including phenoxy) is 4. The van der Waals surface area contributed by atoms with Gasteiger partial charge in [-0.1, -0.05) is 6.08 Å². The second-order valence-corrected chi connectivity index (χ2v) is 5.52. The van der Waals surface area contributed by atoms with E-state index in [9.17, 15) is 8.42 Å². The summed E-state index contributed by atoms with van der Waals surface area (Å²) in [6.07, 6.45) is 2.26. The summed E-state index contributed by atoms with van der Waals surface area (Å²) < 4.78 is 43.1. The molecular weight excluding hydrogens is 320 g/mol. The Kier molecular flexibility index (Phi) is 6.96. The third-order valence-electron chi connectivity index (χ3n) is 3.41. The molecule has 0 unspecified atom stereocenters. The maximum atomic E-state index is 10.7. The molecule has 7 heteroatoms. The van der Waals surface area contributed by atoms with Crippen molar-refractivity contribution in [3.05, 3.63) is 22.8 Å². The van der Waals surface area contributed by atoms with Crippen LogP contribution in [0.2, 0.25) is 0 Å². The van der Waals surface area contributed by atoms with Crippen LogP contribution in [-0.2, 0) is 16.7 Å². The second kappa shape index (κ2) is 8.47. The molecule has 0 heterocycles. The Morgan fingerprint density at radius 2 is 1.39 bits per heavy atom. The van der Waals surface area contributed by atoms with Gasteiger partial charge in [-0.15, -0.1) is 0 Å². The van der Waals surface area contributed by atoms with E-state index in [1.165, 1.54) is 14.2 Å². The summed E-state index contributed by atoms with van der Waals surface area (Å²) >= 11 is 0. The lowest BCUT2D eigenvalue weighted by atomic mass is 10.0. The Bertz CT molecular complexity index is 724. The monoisotopic (exact) mass is 342 g/mol. The summed E-state index contributed by atoms with van der Waals surface area (Å²) in [7, 11) is 3.92. The molecule has 0 radical (unpaired) electrons. The Labute approximate surface area is 138 Å². The first-order valence-electron chi connectivity index (χ1n) is 6.86. The predicted octanol–water partition coefficient (Wildman–Crippen LogP) is 2.20. The molecule has 0 aromatic heterocycles. The molecule has 23 heavy (non-hydrogen) atoms. The summed E-state index contributed by atoms with van der Waals surface area (Å²) in [5.74, 6) is 1.99. The lowest BCUT2D eigenvalue weighted by Crippen LogP contribution is -2.04. The minimum Gasteiger partial charge on any atom is -0.492 e. The second-order valence-electron chi connectivity index (χ2n) is 4.77. The van der Waals surface area contributed by atoms with Crippen molar-refractivity contribution in [2.75, 3.05) is 28.4 Å². The van der Waals surface area contributed by atoms with Gasteiger partial charge in [-0.05, 0) is 25.8 Å². The third-order valence-corrected chi connectivity index (χ3v) is 3.98. The van der Waals surface area contributed by atoms with E-state index in [1.807, 2.05) is 6.92 Å². The molecule has 0 fully saturated rings. The lowest BCUT2D eigenvalue weighted by molar-refractivity contribution is 0.302. The highest BCUT2D eigenvalue weighted by molar-refractivity contribution is 7.71. The number of rotatable bonds is 7. The zero-order valence-corrected chi connectivity index (χ0v) is 15.0. The van der Waals surface area contributed by atoms with Gasteiger partial charge in [-0.25, -0.2) is 0 Å². The normalized spacial score (nSPS) is 11.0. The van der Waals surface area contributed by atoms with E-state index in [1.54, 1.807) is 27.2 Å². The fraction of sp³-hybridized carbons (Fsp3) is 0.438. The standard InChI is InChI=1S/C16H22O6S/c1-10(9-23(17)18)7-8-12-11(2)13(19-3)15(21-5)16(22-6)14(12)20-4/h7,9H,8H2,1-6H3/b10-7+. The van der Waals surface area contributed by atoms with Crippen LogP contribution in [-0.4, -0.2) is 42.2 Å². The average Bonchev–Trinajstić information content (AvgIpc) is 2.51. The van der Waals surface area contributed by atoms with E-state index in [-0.39, 0.29) is 0 Å². The van der Waals surface area contributed by atoms with Gasteiger partial charge in [0.2, 0.25) is 21.8 Å². The van der Waals surface area contributed by atoms with Crippen molar-refractivity contribution in [1.29, 1.82) is 0 Å². The van der Waals surface area contributed by atoms with Crippen LogP contribution < -0.4 is 18.9 Å². The molecule has 1 aromatic carbocycles. The zero-order valence-electron chi connectivity index (χ0n) is 14.2. The summed E-state index contributed by atoms with van der Waals surface area (Å²) in [5.41, 5.74) is 2.31. The molecule has 0 spiro atoms. The molecule has 1 rings (SSSR count). The molecule has 6 nitrogen and oxygen atoms in total. The van der Waals surface area contributed by atoms with Gasteiger partial charge in [-0.2, -0.15) is 8.42 Å². The predicted molar refractivity (Wildman–Crippen MR) is 89.8 cm³/mol. The molecule has 0 aliphatic heterocycles. The van der Waals surface area contributed by atoms with E-state index >= 15 is 0 Å². The van der Waals surface area contributed by atoms with Crippen LogP contribution in [0.1, 0.15) is 18.1 Å². The molecule has 0 saturated carbocycles. The molecule has 0 aliphatic carbocycles. The topological polar surface area (TPSA) is 71.1 Å². The average molecular weight is 342 g/mol. The van der Waals surface area contributed by atoms with Crippen molar-refractivity contribution in [3.63, 3.8) is 0 Å². The molecule has 0 bridgehead atoms. The maximum absolute atomic E-state index is 10.7. The van der Waals surface area contributed by atoms with E-state index in [0.717, 1.165) is 16.5 Å². The number of benzene rings is 1. The van der Waals surface area contributed by atoms with Crippen LogP contribution in [0.5, 0.6) is 23.0 Å². The highest BCUT2D eigenvalue weighted by Crippen LogP contribution is 2.49. The van der Waals surface area contributed by atoms with Gasteiger partial charge >= 0.3 is 0 Å². The molecule has 0 saturated heterocycles. The van der Waals surface area contributed by atoms with Gasteiger partial charge in [0.1, 0.15) is 0 Å². The fourth-order valence-corrected chi connectivity index (χ4v) is 2.76. The van der Waals surface area contributed by atoms with Gasteiger partial charge < -0.3 is 18.9 Å². The lowest BCUT2D eigenvalue weighted by Gasteiger charge is -2.21. The molecule has 0 aliphatic rings. The van der Waals surface area contributed by atoms with E-state index in [4.69, 9.17) is 18.9 Å². The maximum Gasteiger partial charge on any atom is 0.214 e. The third kappa shape index (κ3) is 4.19. The van der Waals surface area contributed by atoms with Crippen molar-refractivity contribution in [3.8, 4) is 23.0 Å².